The molecule has 2 amide bonds. The molecule has 3 N–H and O–H groups in total. The molecule has 0 aliphatic carbocycles. The van der Waals surface area contributed by atoms with Gasteiger partial charge in [-0.1, -0.05) is 108 Å². The van der Waals surface area contributed by atoms with Crippen LogP contribution in [-0.4, -0.2) is 55.9 Å². The molecule has 0 saturated carbocycles. The van der Waals surface area contributed by atoms with Gasteiger partial charge < -0.3 is 20.2 Å². The van der Waals surface area contributed by atoms with Crippen LogP contribution in [0.2, 0.25) is 0 Å². The molecule has 282 valence electrons. The molecule has 4 rings (SSSR count). The highest BCUT2D eigenvalue weighted by atomic mass is 32.2. The Labute approximate surface area is 313 Å². The molecule has 12 heteroatoms. The maximum absolute atomic E-state index is 14.4. The summed E-state index contributed by atoms with van der Waals surface area (Å²) in [5.41, 5.74) is 3.99. The second kappa shape index (κ2) is 18.6. The summed E-state index contributed by atoms with van der Waals surface area (Å²) in [5.74, 6) is -3.52. The van der Waals surface area contributed by atoms with Crippen molar-refractivity contribution >= 4 is 50.8 Å². The Morgan fingerprint density at radius 3 is 2.13 bits per heavy atom. The fraction of sp³-hybridized carbons (Fsp3) is 0.475. The van der Waals surface area contributed by atoms with Crippen molar-refractivity contribution in [1.82, 2.24) is 10.8 Å². The summed E-state index contributed by atoms with van der Waals surface area (Å²) in [7, 11) is -3.81. The minimum Gasteiger partial charge on any atom is -0.480 e. The Morgan fingerprint density at radius 1 is 0.962 bits per heavy atom. The average molecular weight is 752 g/mol. The summed E-state index contributed by atoms with van der Waals surface area (Å²) >= 11 is 1.36. The van der Waals surface area contributed by atoms with Crippen LogP contribution in [0, 0.1) is 11.3 Å². The lowest BCUT2D eigenvalue weighted by molar-refractivity contribution is -0.143. The topological polar surface area (TPSA) is 142 Å². The van der Waals surface area contributed by atoms with Crippen LogP contribution in [0.25, 0.3) is 0 Å². The lowest BCUT2D eigenvalue weighted by atomic mass is 9.79. The van der Waals surface area contributed by atoms with E-state index in [1.165, 1.54) is 17.8 Å². The van der Waals surface area contributed by atoms with Gasteiger partial charge in [0.25, 0.3) is 5.91 Å². The number of anilines is 2. The number of nitrogens with one attached hydrogen (secondary N) is 2. The zero-order valence-corrected chi connectivity index (χ0v) is 32.5. The van der Waals surface area contributed by atoms with Gasteiger partial charge in [-0.05, 0) is 48.8 Å². The Morgan fingerprint density at radius 2 is 1.58 bits per heavy atom. The number of sulfone groups is 1. The molecular formula is C40H53N3O7S2. The molecule has 3 aromatic rings. The molecule has 0 saturated heterocycles. The number of nitrogens with zero attached hydrogens (tertiary/aromatic N) is 1. The highest BCUT2D eigenvalue weighted by molar-refractivity contribution is 7.98. The Balaban J connectivity index is 1.67. The van der Waals surface area contributed by atoms with Crippen LogP contribution in [0.3, 0.4) is 0 Å². The molecule has 3 atom stereocenters. The van der Waals surface area contributed by atoms with E-state index in [2.05, 4.69) is 29.5 Å². The summed E-state index contributed by atoms with van der Waals surface area (Å²) < 4.78 is 28.8. The number of benzene rings is 3. The van der Waals surface area contributed by atoms with Crippen molar-refractivity contribution in [3.63, 3.8) is 0 Å². The average Bonchev–Trinajstić information content (AvgIpc) is 3.24. The predicted molar refractivity (Wildman–Crippen MR) is 207 cm³/mol. The molecule has 0 radical (unpaired) electrons. The smallest absolute Gasteiger partial charge is 0.326 e. The molecule has 0 bridgehead atoms. The molecule has 3 aromatic carbocycles. The number of carbonyl (C=O) groups is 3. The van der Waals surface area contributed by atoms with Crippen LogP contribution < -0.4 is 20.5 Å². The van der Waals surface area contributed by atoms with Crippen molar-refractivity contribution in [2.24, 2.45) is 11.3 Å². The SMILES string of the molecule is CCCCC1(CCCC)CN(c2ccccc2)c2cc(SC)c(ONC(=O)CC(C(=O)NC(C(=O)O)C(C)CC)c3ccccc3)cc2S(=O)(=O)C1. The number of fused-ring (bicyclic) bond motifs is 1. The molecule has 0 aromatic heterocycles. The van der Waals surface area contributed by atoms with E-state index >= 15 is 0 Å². The maximum atomic E-state index is 14.4. The molecule has 3 unspecified atom stereocenters. The number of rotatable bonds is 18. The number of unbranched alkanes of at least 4 members (excludes halogenated alkanes) is 2. The van der Waals surface area contributed by atoms with Crippen molar-refractivity contribution in [3.8, 4) is 5.75 Å². The van der Waals surface area contributed by atoms with E-state index in [-0.39, 0.29) is 28.7 Å². The Hall–Kier alpha value is -4.03. The minimum absolute atomic E-state index is 0.00258. The van der Waals surface area contributed by atoms with Crippen molar-refractivity contribution < 1.29 is 32.7 Å². The lowest BCUT2D eigenvalue weighted by Gasteiger charge is -2.37. The first-order chi connectivity index (χ1) is 24.9. The molecule has 10 nitrogen and oxygen atoms in total. The zero-order valence-electron chi connectivity index (χ0n) is 30.9. The van der Waals surface area contributed by atoms with Gasteiger partial charge in [-0.25, -0.2) is 13.2 Å². The van der Waals surface area contributed by atoms with Crippen LogP contribution in [0.15, 0.2) is 82.6 Å². The second-order valence-electron chi connectivity index (χ2n) is 13.9. The van der Waals surface area contributed by atoms with Gasteiger partial charge in [0, 0.05) is 30.1 Å². The molecular weight excluding hydrogens is 699 g/mol. The van der Waals surface area contributed by atoms with Crippen LogP contribution in [0.1, 0.15) is 90.5 Å². The first-order valence-corrected chi connectivity index (χ1v) is 21.1. The zero-order chi connectivity index (χ0) is 37.9. The third-order valence-electron chi connectivity index (χ3n) is 10.0. The summed E-state index contributed by atoms with van der Waals surface area (Å²) in [5, 5.41) is 12.4. The Kier molecular flexibility index (Phi) is 14.6. The van der Waals surface area contributed by atoms with Crippen LogP contribution >= 0.6 is 11.8 Å². The van der Waals surface area contributed by atoms with E-state index < -0.39 is 45.0 Å². The molecule has 0 spiro atoms. The van der Waals surface area contributed by atoms with E-state index in [0.717, 1.165) is 44.2 Å². The molecule has 1 heterocycles. The van der Waals surface area contributed by atoms with E-state index in [9.17, 15) is 27.9 Å². The molecule has 1 aliphatic rings. The van der Waals surface area contributed by atoms with Crippen LogP contribution in [0.4, 0.5) is 11.4 Å². The summed E-state index contributed by atoms with van der Waals surface area (Å²) in [6, 6.07) is 20.7. The Bertz CT molecular complexity index is 1760. The lowest BCUT2D eigenvalue weighted by Crippen LogP contribution is -2.47. The van der Waals surface area contributed by atoms with Gasteiger partial charge in [0.15, 0.2) is 15.6 Å². The normalized spacial score (nSPS) is 16.4. The number of hydroxylamine groups is 1. The number of carboxylic acids is 1. The van der Waals surface area contributed by atoms with Gasteiger partial charge >= 0.3 is 5.97 Å². The van der Waals surface area contributed by atoms with Crippen LogP contribution in [0.5, 0.6) is 5.75 Å². The number of amides is 2. The van der Waals surface area contributed by atoms with Gasteiger partial charge in [0.1, 0.15) is 6.04 Å². The van der Waals surface area contributed by atoms with Gasteiger partial charge in [-0.15, -0.1) is 11.8 Å². The first-order valence-electron chi connectivity index (χ1n) is 18.2. The van der Waals surface area contributed by atoms with E-state index in [1.807, 2.05) is 49.6 Å². The quantitative estimate of drug-likeness (QED) is 0.0874. The van der Waals surface area contributed by atoms with E-state index in [0.29, 0.717) is 29.1 Å². The fourth-order valence-electron chi connectivity index (χ4n) is 6.87. The number of carbonyl (C=O) groups excluding carboxylic acids is 2. The third-order valence-corrected chi connectivity index (χ3v) is 12.8. The summed E-state index contributed by atoms with van der Waals surface area (Å²) in [6.07, 6.45) is 7.41. The summed E-state index contributed by atoms with van der Waals surface area (Å²) in [4.78, 5) is 47.7. The molecule has 52 heavy (non-hydrogen) atoms. The third kappa shape index (κ3) is 10.1. The number of hydrogen-bond donors (Lipinski definition) is 3. The fourth-order valence-corrected chi connectivity index (χ4v) is 9.52. The number of hydrogen-bond acceptors (Lipinski definition) is 8. The molecule has 1 aliphatic heterocycles. The minimum atomic E-state index is -3.81. The second-order valence-corrected chi connectivity index (χ2v) is 16.7. The first kappa shape index (κ1) is 40.7. The highest BCUT2D eigenvalue weighted by Gasteiger charge is 2.42. The molecule has 0 fully saturated rings. The van der Waals surface area contributed by atoms with E-state index in [4.69, 9.17) is 4.84 Å². The van der Waals surface area contributed by atoms with Crippen molar-refractivity contribution in [2.75, 3.05) is 23.5 Å². The number of aliphatic carboxylic acids is 1. The summed E-state index contributed by atoms with van der Waals surface area (Å²) in [6.45, 7) is 8.39. The van der Waals surface area contributed by atoms with Gasteiger partial charge in [0.05, 0.1) is 27.1 Å². The van der Waals surface area contributed by atoms with Gasteiger partial charge in [-0.3, -0.25) is 9.59 Å². The van der Waals surface area contributed by atoms with Crippen molar-refractivity contribution in [3.05, 3.63) is 78.4 Å². The number of thioether (sulfide) groups is 1. The maximum Gasteiger partial charge on any atom is 0.326 e. The standard InChI is InChI=1S/C40H53N3O7S2/c1-6-9-21-40(22-10-7-2)26-43(30-19-15-12-16-20-30)32-24-34(51-5)33(25-35(32)52(48,49)27-40)50-42-36(44)23-31(29-17-13-11-14-18-29)38(45)41-37(39(46)47)28(4)8-3/h11-20,24-25,28,31,37H,6-10,21-23,26-27H2,1-5H3,(H,41,45)(H,42,44)(H,46,47). The van der Waals surface area contributed by atoms with Crippen molar-refractivity contribution in [2.45, 2.75) is 101 Å². The monoisotopic (exact) mass is 751 g/mol. The predicted octanol–water partition coefficient (Wildman–Crippen LogP) is 7.90. The van der Waals surface area contributed by atoms with Gasteiger partial charge in [0.2, 0.25) is 5.91 Å². The van der Waals surface area contributed by atoms with Gasteiger partial charge in [-0.2, -0.15) is 5.48 Å². The van der Waals surface area contributed by atoms with Crippen molar-refractivity contribution in [1.29, 1.82) is 0 Å². The highest BCUT2D eigenvalue weighted by Crippen LogP contribution is 2.47. The number of para-hydroxylation sites is 1. The largest absolute Gasteiger partial charge is 0.480 e. The number of carboxylic acid groups (broad SMARTS) is 1. The van der Waals surface area contributed by atoms with Crippen LogP contribution in [-0.2, 0) is 24.2 Å². The van der Waals surface area contributed by atoms with E-state index in [1.54, 1.807) is 37.3 Å².